The molecule has 0 aliphatic carbocycles. The molecule has 1 aliphatic heterocycles. The molecule has 18 heavy (non-hydrogen) atoms. The summed E-state index contributed by atoms with van der Waals surface area (Å²) in [6.07, 6.45) is 1.06. The number of methoxy groups -OCH3 is 1. The van der Waals surface area contributed by atoms with Crippen molar-refractivity contribution >= 4 is 5.69 Å². The lowest BCUT2D eigenvalue weighted by Gasteiger charge is -2.14. The highest BCUT2D eigenvalue weighted by Crippen LogP contribution is 2.35. The van der Waals surface area contributed by atoms with E-state index >= 15 is 0 Å². The van der Waals surface area contributed by atoms with Crippen LogP contribution < -0.4 is 10.1 Å². The molecule has 92 valence electrons. The second-order valence-corrected chi connectivity index (χ2v) is 4.79. The number of hydrogen-bond donors (Lipinski definition) is 1. The van der Waals surface area contributed by atoms with Gasteiger partial charge in [-0.05, 0) is 42.2 Å². The summed E-state index contributed by atoms with van der Waals surface area (Å²) in [5.74, 6) is 0.953. The molecule has 0 saturated heterocycles. The SMILES string of the molecule is COc1ccc([C@@H]2Cc3ccccc3N2)cc1C. The Hall–Kier alpha value is -1.96. The van der Waals surface area contributed by atoms with Gasteiger partial charge in [-0.1, -0.05) is 30.3 Å². The average Bonchev–Trinajstić information content (AvgIpc) is 2.82. The van der Waals surface area contributed by atoms with Crippen molar-refractivity contribution in [2.24, 2.45) is 0 Å². The van der Waals surface area contributed by atoms with E-state index in [0.717, 1.165) is 12.2 Å². The first-order valence-electron chi connectivity index (χ1n) is 6.27. The maximum absolute atomic E-state index is 5.30. The highest BCUT2D eigenvalue weighted by atomic mass is 16.5. The normalized spacial score (nSPS) is 17.1. The Morgan fingerprint density at radius 3 is 2.72 bits per heavy atom. The van der Waals surface area contributed by atoms with Crippen molar-refractivity contribution in [3.8, 4) is 5.75 Å². The summed E-state index contributed by atoms with van der Waals surface area (Å²) in [4.78, 5) is 0. The zero-order valence-corrected chi connectivity index (χ0v) is 10.7. The van der Waals surface area contributed by atoms with Gasteiger partial charge in [0.1, 0.15) is 5.75 Å². The van der Waals surface area contributed by atoms with Crippen LogP contribution in [0.1, 0.15) is 22.7 Å². The van der Waals surface area contributed by atoms with Gasteiger partial charge in [0.05, 0.1) is 13.2 Å². The lowest BCUT2D eigenvalue weighted by Crippen LogP contribution is -2.06. The third-order valence-corrected chi connectivity index (χ3v) is 3.59. The molecule has 1 N–H and O–H groups in total. The molecular weight excluding hydrogens is 222 g/mol. The van der Waals surface area contributed by atoms with E-state index in [2.05, 4.69) is 54.7 Å². The van der Waals surface area contributed by atoms with Crippen LogP contribution in [0.2, 0.25) is 0 Å². The van der Waals surface area contributed by atoms with Crippen molar-refractivity contribution < 1.29 is 4.74 Å². The van der Waals surface area contributed by atoms with Gasteiger partial charge in [-0.25, -0.2) is 0 Å². The summed E-state index contributed by atoms with van der Waals surface area (Å²) >= 11 is 0. The van der Waals surface area contributed by atoms with Gasteiger partial charge in [0, 0.05) is 5.69 Å². The van der Waals surface area contributed by atoms with E-state index in [-0.39, 0.29) is 0 Å². The van der Waals surface area contributed by atoms with Crippen molar-refractivity contribution in [1.29, 1.82) is 0 Å². The molecule has 0 amide bonds. The van der Waals surface area contributed by atoms with Crippen molar-refractivity contribution in [2.75, 3.05) is 12.4 Å². The quantitative estimate of drug-likeness (QED) is 0.862. The fourth-order valence-electron chi connectivity index (χ4n) is 2.62. The first kappa shape index (κ1) is 11.1. The molecule has 2 aromatic rings. The summed E-state index contributed by atoms with van der Waals surface area (Å²) in [7, 11) is 1.71. The smallest absolute Gasteiger partial charge is 0.121 e. The number of aryl methyl sites for hydroxylation is 1. The Bertz CT molecular complexity index is 552. The highest BCUT2D eigenvalue weighted by molar-refractivity contribution is 5.58. The Labute approximate surface area is 108 Å². The summed E-state index contributed by atoms with van der Waals surface area (Å²) in [6, 6.07) is 15.3. The maximum atomic E-state index is 5.30. The van der Waals surface area contributed by atoms with Crippen LogP contribution in [0.5, 0.6) is 5.75 Å². The van der Waals surface area contributed by atoms with Crippen LogP contribution in [-0.4, -0.2) is 7.11 Å². The van der Waals surface area contributed by atoms with Gasteiger partial charge in [-0.3, -0.25) is 0 Å². The van der Waals surface area contributed by atoms with Gasteiger partial charge < -0.3 is 10.1 Å². The Morgan fingerprint density at radius 1 is 1.17 bits per heavy atom. The molecule has 3 rings (SSSR count). The summed E-state index contributed by atoms with van der Waals surface area (Å²) < 4.78 is 5.30. The molecule has 0 aromatic heterocycles. The van der Waals surface area contributed by atoms with Crippen LogP contribution in [0.15, 0.2) is 42.5 Å². The van der Waals surface area contributed by atoms with E-state index in [1.807, 2.05) is 0 Å². The van der Waals surface area contributed by atoms with E-state index in [9.17, 15) is 0 Å². The topological polar surface area (TPSA) is 21.3 Å². The molecule has 1 aliphatic rings. The maximum Gasteiger partial charge on any atom is 0.121 e. The summed E-state index contributed by atoms with van der Waals surface area (Å²) in [5.41, 5.74) is 5.17. The second kappa shape index (κ2) is 4.37. The Morgan fingerprint density at radius 2 is 2.00 bits per heavy atom. The van der Waals surface area contributed by atoms with Gasteiger partial charge in [0.25, 0.3) is 0 Å². The molecule has 0 unspecified atom stereocenters. The predicted octanol–water partition coefficient (Wildman–Crippen LogP) is 3.71. The van der Waals surface area contributed by atoms with E-state index < -0.39 is 0 Å². The fourth-order valence-corrected chi connectivity index (χ4v) is 2.62. The lowest BCUT2D eigenvalue weighted by molar-refractivity contribution is 0.411. The van der Waals surface area contributed by atoms with Crippen LogP contribution in [-0.2, 0) is 6.42 Å². The lowest BCUT2D eigenvalue weighted by atomic mass is 10.0. The molecule has 1 heterocycles. The fraction of sp³-hybridized carbons (Fsp3) is 0.250. The van der Waals surface area contributed by atoms with E-state index in [0.29, 0.717) is 6.04 Å². The van der Waals surface area contributed by atoms with Crippen LogP contribution in [0.4, 0.5) is 5.69 Å². The van der Waals surface area contributed by atoms with Gasteiger partial charge in [0.2, 0.25) is 0 Å². The van der Waals surface area contributed by atoms with Crippen LogP contribution >= 0.6 is 0 Å². The predicted molar refractivity (Wildman–Crippen MR) is 74.2 cm³/mol. The molecule has 0 radical (unpaired) electrons. The second-order valence-electron chi connectivity index (χ2n) is 4.79. The molecule has 0 saturated carbocycles. The zero-order chi connectivity index (χ0) is 12.5. The third kappa shape index (κ3) is 1.84. The number of benzene rings is 2. The number of ether oxygens (including phenoxy) is 1. The number of para-hydroxylation sites is 1. The first-order chi connectivity index (χ1) is 8.78. The number of hydrogen-bond acceptors (Lipinski definition) is 2. The summed E-state index contributed by atoms with van der Waals surface area (Å²) in [5, 5.41) is 3.57. The van der Waals surface area contributed by atoms with Crippen molar-refractivity contribution in [3.05, 3.63) is 59.2 Å². The van der Waals surface area contributed by atoms with Gasteiger partial charge in [0.15, 0.2) is 0 Å². The van der Waals surface area contributed by atoms with Crippen molar-refractivity contribution in [3.63, 3.8) is 0 Å². The van der Waals surface area contributed by atoms with E-state index in [4.69, 9.17) is 4.74 Å². The number of anilines is 1. The van der Waals surface area contributed by atoms with Crippen molar-refractivity contribution in [1.82, 2.24) is 0 Å². The molecule has 2 heteroatoms. The molecule has 0 bridgehead atoms. The van der Waals surface area contributed by atoms with Crippen LogP contribution in [0, 0.1) is 6.92 Å². The number of nitrogens with one attached hydrogen (secondary N) is 1. The highest BCUT2D eigenvalue weighted by Gasteiger charge is 2.21. The monoisotopic (exact) mass is 239 g/mol. The zero-order valence-electron chi connectivity index (χ0n) is 10.7. The minimum Gasteiger partial charge on any atom is -0.496 e. The standard InChI is InChI=1S/C16H17NO/c1-11-9-13(7-8-16(11)18-2)15-10-12-5-3-4-6-14(12)17-15/h3-9,15,17H,10H2,1-2H3/t15-/m0/s1. The van der Waals surface area contributed by atoms with Crippen molar-refractivity contribution in [2.45, 2.75) is 19.4 Å². The first-order valence-corrected chi connectivity index (χ1v) is 6.27. The van der Waals surface area contributed by atoms with E-state index in [1.54, 1.807) is 7.11 Å². The molecule has 0 spiro atoms. The van der Waals surface area contributed by atoms with Gasteiger partial charge in [-0.2, -0.15) is 0 Å². The minimum atomic E-state index is 0.381. The van der Waals surface area contributed by atoms with Crippen LogP contribution in [0.3, 0.4) is 0 Å². The number of rotatable bonds is 2. The van der Waals surface area contributed by atoms with Gasteiger partial charge in [-0.15, -0.1) is 0 Å². The minimum absolute atomic E-state index is 0.381. The summed E-state index contributed by atoms with van der Waals surface area (Å²) in [6.45, 7) is 2.09. The Kier molecular flexibility index (Phi) is 2.71. The molecule has 0 fully saturated rings. The molecular formula is C16H17NO. The number of fused-ring (bicyclic) bond motifs is 1. The third-order valence-electron chi connectivity index (χ3n) is 3.59. The van der Waals surface area contributed by atoms with E-state index in [1.165, 1.54) is 22.4 Å². The van der Waals surface area contributed by atoms with Crippen LogP contribution in [0.25, 0.3) is 0 Å². The van der Waals surface area contributed by atoms with Gasteiger partial charge >= 0.3 is 0 Å². The molecule has 2 nitrogen and oxygen atoms in total. The average molecular weight is 239 g/mol. The molecule has 2 aromatic carbocycles. The Balaban J connectivity index is 1.88. The largest absolute Gasteiger partial charge is 0.496 e. The molecule has 1 atom stereocenters.